The fourth-order valence-corrected chi connectivity index (χ4v) is 3.13. The molecule has 0 aliphatic heterocycles. The predicted octanol–water partition coefficient (Wildman–Crippen LogP) is 2.63. The molecule has 0 bridgehead atoms. The van der Waals surface area contributed by atoms with Crippen LogP contribution >= 0.6 is 0 Å². The second-order valence-electron chi connectivity index (χ2n) is 6.58. The van der Waals surface area contributed by atoms with Gasteiger partial charge in [0.15, 0.2) is 0 Å². The van der Waals surface area contributed by atoms with Crippen LogP contribution in [-0.4, -0.2) is 38.9 Å². The van der Waals surface area contributed by atoms with Crippen LogP contribution in [0.3, 0.4) is 0 Å². The molecule has 0 aliphatic carbocycles. The van der Waals surface area contributed by atoms with Gasteiger partial charge in [0, 0.05) is 12.6 Å². The number of rotatable bonds is 5. The highest BCUT2D eigenvalue weighted by Crippen LogP contribution is 2.27. The number of benzene rings is 2. The largest absolute Gasteiger partial charge is 0.433 e. The van der Waals surface area contributed by atoms with E-state index in [0.29, 0.717) is 22.6 Å². The summed E-state index contributed by atoms with van der Waals surface area (Å²) in [6.45, 7) is 1.18. The lowest BCUT2D eigenvalue weighted by Crippen LogP contribution is -2.21. The Morgan fingerprint density at radius 3 is 2.57 bits per heavy atom. The minimum atomic E-state index is -0.581. The van der Waals surface area contributed by atoms with Gasteiger partial charge < -0.3 is 25.1 Å². The third kappa shape index (κ3) is 3.53. The summed E-state index contributed by atoms with van der Waals surface area (Å²) in [5.41, 5.74) is 3.02. The number of aryl methyl sites for hydroxylation is 1. The van der Waals surface area contributed by atoms with Crippen molar-refractivity contribution in [3.63, 3.8) is 0 Å². The molecule has 4 rings (SSSR count). The monoisotopic (exact) mass is 405 g/mol. The van der Waals surface area contributed by atoms with E-state index >= 15 is 0 Å². The Labute approximate surface area is 171 Å². The van der Waals surface area contributed by atoms with Crippen molar-refractivity contribution in [2.24, 2.45) is 0 Å². The number of aliphatic hydroxyl groups excluding tert-OH is 1. The van der Waals surface area contributed by atoms with Gasteiger partial charge in [0.1, 0.15) is 12.4 Å². The van der Waals surface area contributed by atoms with Gasteiger partial charge >= 0.3 is 0 Å². The standard InChI is InChI=1S/C21H19N5O4/c1-11-18(30-17(10-27)23-11)21(29)26-14-9-16-15(8-13(14)20(28)22-2)24-19(25-16)12-6-4-3-5-7-12/h3-9,27H,10H2,1-2H3,(H,22,28)(H,24,25)(H,26,29). The first-order chi connectivity index (χ1) is 14.5. The molecule has 0 spiro atoms. The van der Waals surface area contributed by atoms with E-state index in [4.69, 9.17) is 9.52 Å². The summed E-state index contributed by atoms with van der Waals surface area (Å²) in [5, 5.41) is 14.4. The van der Waals surface area contributed by atoms with Crippen LogP contribution in [0.2, 0.25) is 0 Å². The van der Waals surface area contributed by atoms with E-state index < -0.39 is 12.5 Å². The average Bonchev–Trinajstić information content (AvgIpc) is 3.36. The van der Waals surface area contributed by atoms with Crippen LogP contribution in [-0.2, 0) is 6.61 Å². The number of carbonyl (C=O) groups excluding carboxylic acids is 2. The highest BCUT2D eigenvalue weighted by Gasteiger charge is 2.21. The minimum Gasteiger partial charge on any atom is -0.433 e. The molecular formula is C21H19N5O4. The Bertz CT molecular complexity index is 1240. The summed E-state index contributed by atoms with van der Waals surface area (Å²) in [4.78, 5) is 36.9. The third-order valence-corrected chi connectivity index (χ3v) is 4.57. The summed E-state index contributed by atoms with van der Waals surface area (Å²) in [5.74, 6) is -0.291. The Morgan fingerprint density at radius 1 is 1.13 bits per heavy atom. The zero-order valence-electron chi connectivity index (χ0n) is 16.3. The normalized spacial score (nSPS) is 10.9. The van der Waals surface area contributed by atoms with Crippen molar-refractivity contribution in [1.29, 1.82) is 0 Å². The molecule has 2 heterocycles. The average molecular weight is 405 g/mol. The molecule has 9 heteroatoms. The molecule has 30 heavy (non-hydrogen) atoms. The van der Waals surface area contributed by atoms with Crippen molar-refractivity contribution < 1.29 is 19.1 Å². The van der Waals surface area contributed by atoms with Gasteiger partial charge in [-0.2, -0.15) is 0 Å². The van der Waals surface area contributed by atoms with Crippen molar-refractivity contribution in [2.75, 3.05) is 12.4 Å². The number of oxazole rings is 1. The predicted molar refractivity (Wildman–Crippen MR) is 110 cm³/mol. The molecule has 0 saturated carbocycles. The second kappa shape index (κ2) is 7.80. The number of nitrogens with zero attached hydrogens (tertiary/aromatic N) is 2. The van der Waals surface area contributed by atoms with Gasteiger partial charge in [0.2, 0.25) is 11.7 Å². The van der Waals surface area contributed by atoms with Gasteiger partial charge in [-0.15, -0.1) is 0 Å². The number of carbonyl (C=O) groups is 2. The number of nitrogens with one attached hydrogen (secondary N) is 3. The van der Waals surface area contributed by atoms with E-state index in [1.165, 1.54) is 7.05 Å². The topological polar surface area (TPSA) is 133 Å². The second-order valence-corrected chi connectivity index (χ2v) is 6.58. The lowest BCUT2D eigenvalue weighted by atomic mass is 10.1. The summed E-state index contributed by atoms with van der Waals surface area (Å²) in [7, 11) is 1.51. The van der Waals surface area contributed by atoms with Gasteiger partial charge in [-0.1, -0.05) is 30.3 Å². The number of aromatic amines is 1. The molecule has 9 nitrogen and oxygen atoms in total. The number of aliphatic hydroxyl groups is 1. The Kier molecular flexibility index (Phi) is 5.03. The van der Waals surface area contributed by atoms with Crippen LogP contribution in [0, 0.1) is 6.92 Å². The quantitative estimate of drug-likeness (QED) is 0.403. The van der Waals surface area contributed by atoms with E-state index in [0.717, 1.165) is 5.56 Å². The van der Waals surface area contributed by atoms with E-state index in [1.807, 2.05) is 30.3 Å². The third-order valence-electron chi connectivity index (χ3n) is 4.57. The van der Waals surface area contributed by atoms with E-state index in [2.05, 4.69) is 25.6 Å². The number of anilines is 1. The van der Waals surface area contributed by atoms with Crippen molar-refractivity contribution in [2.45, 2.75) is 13.5 Å². The number of fused-ring (bicyclic) bond motifs is 1. The van der Waals surface area contributed by atoms with Crippen LogP contribution < -0.4 is 10.6 Å². The first-order valence-corrected chi connectivity index (χ1v) is 9.20. The molecule has 2 aromatic heterocycles. The minimum absolute atomic E-state index is 0.0333. The molecule has 0 aliphatic rings. The zero-order valence-corrected chi connectivity index (χ0v) is 16.3. The molecule has 4 N–H and O–H groups in total. The molecule has 0 atom stereocenters. The number of hydrogen-bond acceptors (Lipinski definition) is 6. The fraction of sp³-hybridized carbons (Fsp3) is 0.143. The summed E-state index contributed by atoms with van der Waals surface area (Å²) in [6, 6.07) is 12.8. The van der Waals surface area contributed by atoms with E-state index in [9.17, 15) is 9.59 Å². The van der Waals surface area contributed by atoms with Crippen LogP contribution in [0.4, 0.5) is 5.69 Å². The molecular weight excluding hydrogens is 386 g/mol. The zero-order chi connectivity index (χ0) is 21.3. The SMILES string of the molecule is CNC(=O)c1cc2[nH]c(-c3ccccc3)nc2cc1NC(=O)c1oc(CO)nc1C. The maximum absolute atomic E-state index is 12.7. The maximum Gasteiger partial charge on any atom is 0.293 e. The summed E-state index contributed by atoms with van der Waals surface area (Å²) >= 11 is 0. The van der Waals surface area contributed by atoms with Crippen molar-refractivity contribution in [3.05, 3.63) is 65.4 Å². The highest BCUT2D eigenvalue weighted by atomic mass is 16.4. The van der Waals surface area contributed by atoms with Crippen LogP contribution in [0.1, 0.15) is 32.5 Å². The highest BCUT2D eigenvalue weighted by molar-refractivity contribution is 6.10. The van der Waals surface area contributed by atoms with Gasteiger partial charge in [0.25, 0.3) is 11.8 Å². The van der Waals surface area contributed by atoms with Crippen LogP contribution in [0.15, 0.2) is 46.9 Å². The molecule has 2 aromatic carbocycles. The molecule has 0 fully saturated rings. The fourth-order valence-electron chi connectivity index (χ4n) is 3.13. The number of imidazole rings is 1. The van der Waals surface area contributed by atoms with Gasteiger partial charge in [0.05, 0.1) is 28.0 Å². The molecule has 0 radical (unpaired) electrons. The number of amides is 2. The number of aromatic nitrogens is 3. The van der Waals surface area contributed by atoms with Crippen molar-refractivity contribution in [1.82, 2.24) is 20.3 Å². The van der Waals surface area contributed by atoms with Gasteiger partial charge in [-0.3, -0.25) is 9.59 Å². The van der Waals surface area contributed by atoms with E-state index in [-0.39, 0.29) is 28.8 Å². The smallest absolute Gasteiger partial charge is 0.293 e. The molecule has 2 amide bonds. The van der Waals surface area contributed by atoms with Gasteiger partial charge in [-0.05, 0) is 19.1 Å². The Balaban J connectivity index is 1.76. The van der Waals surface area contributed by atoms with Crippen LogP contribution in [0.5, 0.6) is 0 Å². The van der Waals surface area contributed by atoms with E-state index in [1.54, 1.807) is 19.1 Å². The molecule has 0 unspecified atom stereocenters. The van der Waals surface area contributed by atoms with Gasteiger partial charge in [-0.25, -0.2) is 9.97 Å². The maximum atomic E-state index is 12.7. The van der Waals surface area contributed by atoms with Crippen LogP contribution in [0.25, 0.3) is 22.4 Å². The Morgan fingerprint density at radius 2 is 1.90 bits per heavy atom. The van der Waals surface area contributed by atoms with Crippen molar-refractivity contribution in [3.8, 4) is 11.4 Å². The number of hydrogen-bond donors (Lipinski definition) is 4. The Hall–Kier alpha value is -3.98. The number of H-pyrrole nitrogens is 1. The van der Waals surface area contributed by atoms with Crippen molar-refractivity contribution >= 4 is 28.5 Å². The summed E-state index contributed by atoms with van der Waals surface area (Å²) < 4.78 is 5.28. The molecule has 4 aromatic rings. The first kappa shape index (κ1) is 19.3. The summed E-state index contributed by atoms with van der Waals surface area (Å²) in [6.07, 6.45) is 0. The molecule has 0 saturated heterocycles. The lowest BCUT2D eigenvalue weighted by molar-refractivity contribution is 0.0964. The first-order valence-electron chi connectivity index (χ1n) is 9.20. The molecule has 152 valence electrons. The lowest BCUT2D eigenvalue weighted by Gasteiger charge is -2.09.